The van der Waals surface area contributed by atoms with Crippen LogP contribution < -0.4 is 15.4 Å². The predicted octanol–water partition coefficient (Wildman–Crippen LogP) is 0.714. The smallest absolute Gasteiger partial charge is 0.271 e. The van der Waals surface area contributed by atoms with Gasteiger partial charge in [0.05, 0.1) is 18.5 Å². The monoisotopic (exact) mass is 453 g/mol. The molecule has 2 amide bonds. The van der Waals surface area contributed by atoms with Crippen molar-refractivity contribution >= 4 is 11.8 Å². The summed E-state index contributed by atoms with van der Waals surface area (Å²) in [6, 6.07) is 8.68. The fraction of sp³-hybridized carbons (Fsp3) is 0.500. The Hall–Kier alpha value is -3.04. The molecule has 4 rings (SSSR count). The van der Waals surface area contributed by atoms with E-state index < -0.39 is 12.0 Å². The van der Waals surface area contributed by atoms with Gasteiger partial charge in [0, 0.05) is 52.0 Å². The Labute approximate surface area is 193 Å². The SMILES string of the molecule is CC(=O)N1CCC(Oc2cncc(C(=O)NCC(O)CNC3Cc4ccccc4C3)n2)CC1. The molecular weight excluding hydrogens is 422 g/mol. The van der Waals surface area contributed by atoms with Crippen LogP contribution in [0.4, 0.5) is 0 Å². The Kier molecular flexibility index (Phi) is 7.51. The second-order valence-electron chi connectivity index (χ2n) is 8.71. The van der Waals surface area contributed by atoms with E-state index in [1.807, 2.05) is 12.1 Å². The van der Waals surface area contributed by atoms with Crippen LogP contribution in [-0.4, -0.2) is 76.2 Å². The van der Waals surface area contributed by atoms with E-state index in [2.05, 4.69) is 32.7 Å². The molecule has 1 unspecified atom stereocenters. The van der Waals surface area contributed by atoms with Gasteiger partial charge < -0.3 is 25.4 Å². The van der Waals surface area contributed by atoms with E-state index in [9.17, 15) is 14.7 Å². The molecule has 0 saturated carbocycles. The van der Waals surface area contributed by atoms with Gasteiger partial charge in [0.25, 0.3) is 5.91 Å². The molecule has 3 N–H and O–H groups in total. The molecule has 1 fully saturated rings. The summed E-state index contributed by atoms with van der Waals surface area (Å²) in [5.74, 6) is -0.0590. The van der Waals surface area contributed by atoms with Crippen molar-refractivity contribution in [1.82, 2.24) is 25.5 Å². The van der Waals surface area contributed by atoms with Gasteiger partial charge in [-0.25, -0.2) is 4.98 Å². The van der Waals surface area contributed by atoms with Gasteiger partial charge in [-0.3, -0.25) is 14.6 Å². The number of amides is 2. The maximum Gasteiger partial charge on any atom is 0.271 e. The largest absolute Gasteiger partial charge is 0.473 e. The summed E-state index contributed by atoms with van der Waals surface area (Å²) < 4.78 is 5.87. The third kappa shape index (κ3) is 6.27. The lowest BCUT2D eigenvalue weighted by atomic mass is 10.1. The second kappa shape index (κ2) is 10.7. The number of benzene rings is 1. The molecule has 176 valence electrons. The molecule has 33 heavy (non-hydrogen) atoms. The average Bonchev–Trinajstić information content (AvgIpc) is 3.25. The lowest BCUT2D eigenvalue weighted by Crippen LogP contribution is -2.42. The molecule has 0 bridgehead atoms. The van der Waals surface area contributed by atoms with Crippen LogP contribution in [0.15, 0.2) is 36.7 Å². The van der Waals surface area contributed by atoms with Gasteiger partial charge >= 0.3 is 0 Å². The van der Waals surface area contributed by atoms with E-state index >= 15 is 0 Å². The molecular formula is C24H31N5O4. The quantitative estimate of drug-likeness (QED) is 0.539. The third-order valence-electron chi connectivity index (χ3n) is 6.21. The summed E-state index contributed by atoms with van der Waals surface area (Å²) in [6.45, 7) is 3.36. The normalized spacial score (nSPS) is 17.5. The maximum absolute atomic E-state index is 12.5. The van der Waals surface area contributed by atoms with Gasteiger partial charge in [-0.05, 0) is 24.0 Å². The third-order valence-corrected chi connectivity index (χ3v) is 6.21. The molecule has 0 radical (unpaired) electrons. The summed E-state index contributed by atoms with van der Waals surface area (Å²) in [5.41, 5.74) is 2.84. The van der Waals surface area contributed by atoms with Gasteiger partial charge in [0.15, 0.2) is 0 Å². The summed E-state index contributed by atoms with van der Waals surface area (Å²) in [5, 5.41) is 16.4. The Balaban J connectivity index is 1.19. The number of carbonyl (C=O) groups is 2. The minimum atomic E-state index is -0.712. The van der Waals surface area contributed by atoms with Crippen LogP contribution in [-0.2, 0) is 17.6 Å². The highest BCUT2D eigenvalue weighted by atomic mass is 16.5. The molecule has 2 aliphatic rings. The molecule has 1 aromatic heterocycles. The number of hydrogen-bond acceptors (Lipinski definition) is 7. The first-order valence-electron chi connectivity index (χ1n) is 11.5. The van der Waals surface area contributed by atoms with Crippen LogP contribution in [0.1, 0.15) is 41.4 Å². The van der Waals surface area contributed by atoms with Crippen molar-refractivity contribution in [3.05, 3.63) is 53.5 Å². The highest BCUT2D eigenvalue weighted by molar-refractivity contribution is 5.92. The van der Waals surface area contributed by atoms with E-state index in [4.69, 9.17) is 4.74 Å². The molecule has 1 aliphatic carbocycles. The highest BCUT2D eigenvalue weighted by Crippen LogP contribution is 2.21. The van der Waals surface area contributed by atoms with Crippen molar-refractivity contribution in [3.8, 4) is 5.88 Å². The van der Waals surface area contributed by atoms with Gasteiger partial charge in [-0.15, -0.1) is 0 Å². The number of nitrogens with one attached hydrogen (secondary N) is 2. The first-order chi connectivity index (χ1) is 16.0. The molecule has 1 aromatic carbocycles. The Morgan fingerprint density at radius 1 is 1.15 bits per heavy atom. The number of rotatable bonds is 8. The molecule has 2 heterocycles. The van der Waals surface area contributed by atoms with Crippen LogP contribution >= 0.6 is 0 Å². The molecule has 9 heteroatoms. The van der Waals surface area contributed by atoms with E-state index in [-0.39, 0.29) is 30.1 Å². The summed E-state index contributed by atoms with van der Waals surface area (Å²) in [4.78, 5) is 34.0. The van der Waals surface area contributed by atoms with Crippen molar-refractivity contribution in [2.24, 2.45) is 0 Å². The lowest BCUT2D eigenvalue weighted by Gasteiger charge is -2.31. The fourth-order valence-electron chi connectivity index (χ4n) is 4.35. The molecule has 1 aliphatic heterocycles. The first-order valence-corrected chi connectivity index (χ1v) is 11.5. The number of carbonyl (C=O) groups excluding carboxylic acids is 2. The predicted molar refractivity (Wildman–Crippen MR) is 122 cm³/mol. The number of piperidine rings is 1. The van der Waals surface area contributed by atoms with Gasteiger partial charge in [0.1, 0.15) is 11.8 Å². The Morgan fingerprint density at radius 3 is 2.52 bits per heavy atom. The van der Waals surface area contributed by atoms with Crippen molar-refractivity contribution in [2.75, 3.05) is 26.2 Å². The van der Waals surface area contributed by atoms with Crippen molar-refractivity contribution < 1.29 is 19.4 Å². The van der Waals surface area contributed by atoms with E-state index in [1.54, 1.807) is 11.8 Å². The molecule has 0 spiro atoms. The number of hydrogen-bond donors (Lipinski definition) is 3. The van der Waals surface area contributed by atoms with Crippen LogP contribution in [0.2, 0.25) is 0 Å². The van der Waals surface area contributed by atoms with Crippen LogP contribution in [0.25, 0.3) is 0 Å². The summed E-state index contributed by atoms with van der Waals surface area (Å²) in [6.07, 6.45) is 5.40. The molecule has 2 aromatic rings. The first kappa shape index (κ1) is 23.1. The van der Waals surface area contributed by atoms with Crippen molar-refractivity contribution in [3.63, 3.8) is 0 Å². The van der Waals surface area contributed by atoms with Crippen LogP contribution in [0.5, 0.6) is 5.88 Å². The average molecular weight is 454 g/mol. The standard InChI is InChI=1S/C24H31N5O4/c1-16(30)29-8-6-21(7-9-29)33-23-15-25-14-22(28-23)24(32)27-13-20(31)12-26-19-10-17-4-2-3-5-18(17)11-19/h2-5,14-15,19-21,26,31H,6-13H2,1H3,(H,27,32). The summed E-state index contributed by atoms with van der Waals surface area (Å²) >= 11 is 0. The maximum atomic E-state index is 12.5. The van der Waals surface area contributed by atoms with Crippen molar-refractivity contribution in [2.45, 2.75) is 50.9 Å². The Morgan fingerprint density at radius 2 is 1.85 bits per heavy atom. The van der Waals surface area contributed by atoms with Crippen LogP contribution in [0, 0.1) is 0 Å². The zero-order valence-electron chi connectivity index (χ0n) is 18.9. The fourth-order valence-corrected chi connectivity index (χ4v) is 4.35. The number of ether oxygens (including phenoxy) is 1. The number of fused-ring (bicyclic) bond motifs is 1. The minimum Gasteiger partial charge on any atom is -0.473 e. The van der Waals surface area contributed by atoms with Gasteiger partial charge in [0.2, 0.25) is 11.8 Å². The Bertz CT molecular complexity index is 952. The van der Waals surface area contributed by atoms with Gasteiger partial charge in [-0.1, -0.05) is 24.3 Å². The molecule has 9 nitrogen and oxygen atoms in total. The van der Waals surface area contributed by atoms with Crippen LogP contribution in [0.3, 0.4) is 0 Å². The zero-order valence-corrected chi connectivity index (χ0v) is 18.9. The topological polar surface area (TPSA) is 117 Å². The second-order valence-corrected chi connectivity index (χ2v) is 8.71. The van der Waals surface area contributed by atoms with E-state index in [0.717, 1.165) is 12.8 Å². The number of nitrogens with zero attached hydrogens (tertiary/aromatic N) is 3. The number of likely N-dealkylation sites (tertiary alicyclic amines) is 1. The summed E-state index contributed by atoms with van der Waals surface area (Å²) in [7, 11) is 0. The number of aromatic nitrogens is 2. The molecule has 1 saturated heterocycles. The molecule has 1 atom stereocenters. The zero-order chi connectivity index (χ0) is 23.2. The highest BCUT2D eigenvalue weighted by Gasteiger charge is 2.23. The lowest BCUT2D eigenvalue weighted by molar-refractivity contribution is -0.130. The number of aliphatic hydroxyl groups is 1. The van der Waals surface area contributed by atoms with Crippen molar-refractivity contribution in [1.29, 1.82) is 0 Å². The van der Waals surface area contributed by atoms with E-state index in [1.165, 1.54) is 23.5 Å². The number of aliphatic hydroxyl groups excluding tert-OH is 1. The minimum absolute atomic E-state index is 0.0668. The van der Waals surface area contributed by atoms with Gasteiger partial charge in [-0.2, -0.15) is 0 Å². The van der Waals surface area contributed by atoms with E-state index in [0.29, 0.717) is 38.5 Å².